The van der Waals surface area contributed by atoms with E-state index < -0.39 is 0 Å². The predicted octanol–water partition coefficient (Wildman–Crippen LogP) is 4.02. The van der Waals surface area contributed by atoms with Crippen LogP contribution in [-0.2, 0) is 11.3 Å². The van der Waals surface area contributed by atoms with Crippen LogP contribution < -0.4 is 10.2 Å². The number of hydrogen-bond donors (Lipinski definition) is 1. The molecule has 7 heteroatoms. The average Bonchev–Trinajstić information content (AvgIpc) is 3.06. The fraction of sp³-hybridized carbons (Fsp3) is 0.304. The third kappa shape index (κ3) is 4.42. The highest BCUT2D eigenvalue weighted by Gasteiger charge is 2.13. The summed E-state index contributed by atoms with van der Waals surface area (Å²) in [5.41, 5.74) is 5.80. The lowest BCUT2D eigenvalue weighted by molar-refractivity contribution is 0.0951. The second-order valence-corrected chi connectivity index (χ2v) is 8.19. The zero-order chi connectivity index (χ0) is 21.1. The van der Waals surface area contributed by atoms with Crippen LogP contribution in [0, 0.1) is 13.8 Å². The molecule has 3 aromatic rings. The summed E-state index contributed by atoms with van der Waals surface area (Å²) in [5.74, 6) is -0.0895. The number of nitrogens with one attached hydrogen (secondary N) is 1. The number of amides is 1. The van der Waals surface area contributed by atoms with Gasteiger partial charge < -0.3 is 15.0 Å². The van der Waals surface area contributed by atoms with Gasteiger partial charge in [-0.3, -0.25) is 4.79 Å². The summed E-state index contributed by atoms with van der Waals surface area (Å²) in [6.45, 7) is 7.84. The number of nitrogens with zero attached hydrogens (tertiary/aromatic N) is 3. The molecule has 1 amide bonds. The van der Waals surface area contributed by atoms with E-state index in [-0.39, 0.29) is 5.91 Å². The third-order valence-corrected chi connectivity index (χ3v) is 6.49. The molecule has 6 nitrogen and oxygen atoms in total. The molecule has 1 aromatic heterocycles. The molecule has 2 aromatic carbocycles. The first kappa shape index (κ1) is 20.6. The average molecular weight is 469 g/mol. The van der Waals surface area contributed by atoms with E-state index in [0.29, 0.717) is 12.1 Å². The Balaban J connectivity index is 1.36. The lowest BCUT2D eigenvalue weighted by atomic mass is 10.1. The van der Waals surface area contributed by atoms with E-state index in [2.05, 4.69) is 55.5 Å². The third-order valence-electron chi connectivity index (χ3n) is 5.34. The number of anilines is 1. The summed E-state index contributed by atoms with van der Waals surface area (Å²) in [6.07, 6.45) is 0. The Morgan fingerprint density at radius 2 is 1.67 bits per heavy atom. The van der Waals surface area contributed by atoms with Crippen LogP contribution in [0.3, 0.4) is 0 Å². The Kier molecular flexibility index (Phi) is 6.20. The summed E-state index contributed by atoms with van der Waals surface area (Å²) in [7, 11) is 0. The zero-order valence-electron chi connectivity index (χ0n) is 17.2. The minimum Gasteiger partial charge on any atom is -0.378 e. The number of morpholine rings is 1. The Hall–Kier alpha value is -2.64. The first-order valence-electron chi connectivity index (χ1n) is 10.0. The van der Waals surface area contributed by atoms with Crippen LogP contribution in [-0.4, -0.2) is 42.0 Å². The number of hydrogen-bond acceptors (Lipinski definition) is 4. The molecule has 2 heterocycles. The molecule has 30 heavy (non-hydrogen) atoms. The molecule has 156 valence electrons. The molecule has 0 radical (unpaired) electrons. The number of aryl methyl sites for hydroxylation is 1. The molecule has 0 saturated carbocycles. The highest BCUT2D eigenvalue weighted by molar-refractivity contribution is 9.10. The fourth-order valence-corrected chi connectivity index (χ4v) is 3.81. The molecule has 4 rings (SSSR count). The first-order chi connectivity index (χ1) is 14.5. The number of aromatic nitrogens is 2. The molecule has 1 fully saturated rings. The van der Waals surface area contributed by atoms with Gasteiger partial charge in [-0.15, -0.1) is 0 Å². The van der Waals surface area contributed by atoms with Gasteiger partial charge in [0, 0.05) is 30.9 Å². The molecule has 1 aliphatic rings. The maximum absolute atomic E-state index is 12.5. The fourth-order valence-electron chi connectivity index (χ4n) is 3.56. The van der Waals surface area contributed by atoms with Gasteiger partial charge in [0.2, 0.25) is 0 Å². The summed E-state index contributed by atoms with van der Waals surface area (Å²) in [6, 6.07) is 15.8. The highest BCUT2D eigenvalue weighted by atomic mass is 79.9. The number of rotatable bonds is 5. The van der Waals surface area contributed by atoms with Crippen LogP contribution in [0.5, 0.6) is 0 Å². The van der Waals surface area contributed by atoms with Crippen molar-refractivity contribution in [2.45, 2.75) is 20.4 Å². The van der Waals surface area contributed by atoms with Crippen molar-refractivity contribution in [2.75, 3.05) is 31.2 Å². The van der Waals surface area contributed by atoms with Gasteiger partial charge in [0.05, 0.1) is 34.8 Å². The number of benzene rings is 2. The normalized spacial score (nSPS) is 14.0. The molecular weight excluding hydrogens is 444 g/mol. The number of carbonyl (C=O) groups is 1. The van der Waals surface area contributed by atoms with Crippen LogP contribution in [0.1, 0.15) is 27.3 Å². The predicted molar refractivity (Wildman–Crippen MR) is 121 cm³/mol. The summed E-state index contributed by atoms with van der Waals surface area (Å²) in [4.78, 5) is 14.9. The van der Waals surface area contributed by atoms with Gasteiger partial charge in [-0.25, -0.2) is 4.68 Å². The van der Waals surface area contributed by atoms with E-state index in [4.69, 9.17) is 4.74 Å². The van der Waals surface area contributed by atoms with E-state index in [0.717, 1.165) is 53.4 Å². The maximum atomic E-state index is 12.5. The Morgan fingerprint density at radius 3 is 2.27 bits per heavy atom. The highest BCUT2D eigenvalue weighted by Crippen LogP contribution is 2.23. The van der Waals surface area contributed by atoms with Crippen LogP contribution in [0.25, 0.3) is 5.69 Å². The van der Waals surface area contributed by atoms with Crippen molar-refractivity contribution < 1.29 is 9.53 Å². The van der Waals surface area contributed by atoms with Crippen molar-refractivity contribution in [1.82, 2.24) is 15.1 Å². The molecule has 0 unspecified atom stereocenters. The van der Waals surface area contributed by atoms with Crippen LogP contribution in [0.15, 0.2) is 53.0 Å². The summed E-state index contributed by atoms with van der Waals surface area (Å²) in [5, 5.41) is 7.53. The van der Waals surface area contributed by atoms with Gasteiger partial charge in [-0.05, 0) is 71.7 Å². The van der Waals surface area contributed by atoms with Crippen LogP contribution in [0.2, 0.25) is 0 Å². The van der Waals surface area contributed by atoms with Gasteiger partial charge in [-0.1, -0.05) is 12.1 Å². The second-order valence-electron chi connectivity index (χ2n) is 7.39. The van der Waals surface area contributed by atoms with E-state index in [9.17, 15) is 4.79 Å². The van der Waals surface area contributed by atoms with Crippen molar-refractivity contribution in [3.63, 3.8) is 0 Å². The van der Waals surface area contributed by atoms with Crippen molar-refractivity contribution in [3.05, 3.63) is 75.5 Å². The second kappa shape index (κ2) is 9.02. The topological polar surface area (TPSA) is 59.4 Å². The van der Waals surface area contributed by atoms with Gasteiger partial charge in [0.1, 0.15) is 0 Å². The van der Waals surface area contributed by atoms with Gasteiger partial charge in [0.25, 0.3) is 5.91 Å². The minimum atomic E-state index is -0.0895. The van der Waals surface area contributed by atoms with Crippen LogP contribution in [0.4, 0.5) is 5.69 Å². The van der Waals surface area contributed by atoms with Crippen molar-refractivity contribution in [3.8, 4) is 5.69 Å². The van der Waals surface area contributed by atoms with E-state index in [1.54, 1.807) is 0 Å². The summed E-state index contributed by atoms with van der Waals surface area (Å²) < 4.78 is 8.28. The lowest BCUT2D eigenvalue weighted by Gasteiger charge is -2.28. The molecule has 0 bridgehead atoms. The first-order valence-corrected chi connectivity index (χ1v) is 10.8. The number of halogens is 1. The molecular formula is C23H25BrN4O2. The van der Waals surface area contributed by atoms with E-state index >= 15 is 0 Å². The smallest absolute Gasteiger partial charge is 0.251 e. The van der Waals surface area contributed by atoms with Gasteiger partial charge in [-0.2, -0.15) is 5.10 Å². The van der Waals surface area contributed by atoms with E-state index in [1.165, 1.54) is 5.69 Å². The maximum Gasteiger partial charge on any atom is 0.251 e. The Labute approximate surface area is 185 Å². The standard InChI is InChI=1S/C23H25BrN4O2/c1-16-22(24)17(2)28(26-16)21-9-5-19(6-10-21)23(29)25-15-18-3-7-20(8-4-18)27-11-13-30-14-12-27/h3-10H,11-15H2,1-2H3,(H,25,29). The minimum absolute atomic E-state index is 0.0895. The Bertz CT molecular complexity index is 1020. The van der Waals surface area contributed by atoms with Gasteiger partial charge in [0.15, 0.2) is 0 Å². The zero-order valence-corrected chi connectivity index (χ0v) is 18.8. The van der Waals surface area contributed by atoms with Gasteiger partial charge >= 0.3 is 0 Å². The number of carbonyl (C=O) groups excluding carboxylic acids is 1. The quantitative estimate of drug-likeness (QED) is 0.614. The lowest BCUT2D eigenvalue weighted by Crippen LogP contribution is -2.36. The van der Waals surface area contributed by atoms with Crippen molar-refractivity contribution in [2.24, 2.45) is 0 Å². The monoisotopic (exact) mass is 468 g/mol. The molecule has 1 N–H and O–H groups in total. The van der Waals surface area contributed by atoms with Crippen LogP contribution >= 0.6 is 15.9 Å². The molecule has 1 aliphatic heterocycles. The molecule has 0 aliphatic carbocycles. The molecule has 0 atom stereocenters. The number of ether oxygens (including phenoxy) is 1. The molecule has 1 saturated heterocycles. The summed E-state index contributed by atoms with van der Waals surface area (Å²) >= 11 is 3.55. The van der Waals surface area contributed by atoms with Crippen molar-refractivity contribution >= 4 is 27.5 Å². The largest absolute Gasteiger partial charge is 0.378 e. The van der Waals surface area contributed by atoms with E-state index in [1.807, 2.05) is 42.8 Å². The molecule has 0 spiro atoms. The van der Waals surface area contributed by atoms with Crippen molar-refractivity contribution in [1.29, 1.82) is 0 Å². The Morgan fingerprint density at radius 1 is 1.03 bits per heavy atom. The SMILES string of the molecule is Cc1nn(-c2ccc(C(=O)NCc3ccc(N4CCOCC4)cc3)cc2)c(C)c1Br.